The van der Waals surface area contributed by atoms with Crippen molar-refractivity contribution < 1.29 is 4.92 Å². The van der Waals surface area contributed by atoms with E-state index in [-0.39, 0.29) is 11.6 Å². The largest absolute Gasteiger partial charge is 0.270 e. The third-order valence-electron chi connectivity index (χ3n) is 2.62. The summed E-state index contributed by atoms with van der Waals surface area (Å²) in [4.78, 5) is 10.4. The van der Waals surface area contributed by atoms with Gasteiger partial charge in [0.25, 0.3) is 5.69 Å². The molecule has 2 unspecified atom stereocenters. The number of rotatable bonds is 4. The van der Waals surface area contributed by atoms with E-state index < -0.39 is 4.92 Å². The molecule has 0 saturated carbocycles. The van der Waals surface area contributed by atoms with Gasteiger partial charge in [0.15, 0.2) is 0 Å². The number of nitrogens with zero attached hydrogens (tertiary/aromatic N) is 1. The standard InChI is InChI=1S/C11H13BrClNO2/c1-3-10(12)7(2)9-5-4-8(14(15)16)6-11(9)13/h4-7,10H,3H2,1-2H3. The summed E-state index contributed by atoms with van der Waals surface area (Å²) in [5.74, 6) is 0.235. The highest BCUT2D eigenvalue weighted by Crippen LogP contribution is 2.33. The smallest absolute Gasteiger partial charge is 0.258 e. The molecule has 0 aliphatic rings. The first-order chi connectivity index (χ1) is 7.47. The van der Waals surface area contributed by atoms with Gasteiger partial charge in [-0.05, 0) is 17.9 Å². The van der Waals surface area contributed by atoms with Crippen LogP contribution in [0.3, 0.4) is 0 Å². The van der Waals surface area contributed by atoms with Gasteiger partial charge in [0, 0.05) is 17.0 Å². The molecule has 0 amide bonds. The van der Waals surface area contributed by atoms with Crippen LogP contribution in [0.5, 0.6) is 0 Å². The van der Waals surface area contributed by atoms with Crippen LogP contribution in [0.25, 0.3) is 0 Å². The summed E-state index contributed by atoms with van der Waals surface area (Å²) >= 11 is 9.61. The van der Waals surface area contributed by atoms with E-state index in [2.05, 4.69) is 29.8 Å². The summed E-state index contributed by atoms with van der Waals surface area (Å²) in [5.41, 5.74) is 0.972. The molecule has 0 radical (unpaired) electrons. The Morgan fingerprint density at radius 2 is 2.19 bits per heavy atom. The topological polar surface area (TPSA) is 43.1 Å². The summed E-state index contributed by atoms with van der Waals surface area (Å²) < 4.78 is 0. The lowest BCUT2D eigenvalue weighted by atomic mass is 9.96. The number of hydrogen-bond donors (Lipinski definition) is 0. The fourth-order valence-corrected chi connectivity index (χ4v) is 2.18. The molecule has 0 N–H and O–H groups in total. The van der Waals surface area contributed by atoms with Crippen LogP contribution >= 0.6 is 27.5 Å². The Morgan fingerprint density at radius 1 is 1.56 bits per heavy atom. The number of halogens is 2. The molecule has 0 fully saturated rings. The Bertz CT molecular complexity index is 398. The lowest BCUT2D eigenvalue weighted by Gasteiger charge is -2.18. The van der Waals surface area contributed by atoms with E-state index in [0.29, 0.717) is 9.85 Å². The maximum Gasteiger partial charge on any atom is 0.270 e. The first-order valence-electron chi connectivity index (χ1n) is 5.05. The summed E-state index contributed by atoms with van der Waals surface area (Å²) in [6.07, 6.45) is 0.981. The van der Waals surface area contributed by atoms with E-state index >= 15 is 0 Å². The highest BCUT2D eigenvalue weighted by atomic mass is 79.9. The molecule has 0 heterocycles. The molecule has 0 aliphatic heterocycles. The maximum absolute atomic E-state index is 10.6. The van der Waals surface area contributed by atoms with Crippen molar-refractivity contribution in [2.24, 2.45) is 0 Å². The molecule has 0 aromatic heterocycles. The fourth-order valence-electron chi connectivity index (χ4n) is 1.55. The zero-order chi connectivity index (χ0) is 12.3. The highest BCUT2D eigenvalue weighted by Gasteiger charge is 2.18. The van der Waals surface area contributed by atoms with Gasteiger partial charge in [-0.25, -0.2) is 0 Å². The molecule has 0 spiro atoms. The van der Waals surface area contributed by atoms with Crippen LogP contribution in [0.1, 0.15) is 31.7 Å². The summed E-state index contributed by atoms with van der Waals surface area (Å²) in [6, 6.07) is 4.63. The molecule has 1 aromatic rings. The number of hydrogen-bond acceptors (Lipinski definition) is 2. The number of nitro groups is 1. The quantitative estimate of drug-likeness (QED) is 0.466. The van der Waals surface area contributed by atoms with Crippen molar-refractivity contribution in [3.8, 4) is 0 Å². The number of benzene rings is 1. The number of non-ortho nitro benzene ring substituents is 1. The van der Waals surface area contributed by atoms with E-state index in [9.17, 15) is 10.1 Å². The van der Waals surface area contributed by atoms with Gasteiger partial charge in [0.2, 0.25) is 0 Å². The molecule has 3 nitrogen and oxygen atoms in total. The first kappa shape index (κ1) is 13.5. The third kappa shape index (κ3) is 2.95. The van der Waals surface area contributed by atoms with E-state index in [0.717, 1.165) is 12.0 Å². The molecule has 0 saturated heterocycles. The van der Waals surface area contributed by atoms with Crippen molar-refractivity contribution in [3.05, 3.63) is 38.9 Å². The van der Waals surface area contributed by atoms with Gasteiger partial charge in [0.1, 0.15) is 0 Å². The van der Waals surface area contributed by atoms with Gasteiger partial charge in [-0.15, -0.1) is 0 Å². The summed E-state index contributed by atoms with van der Waals surface area (Å²) in [5, 5.41) is 11.0. The second kappa shape index (κ2) is 5.64. The van der Waals surface area contributed by atoms with Crippen molar-refractivity contribution in [3.63, 3.8) is 0 Å². The SMILES string of the molecule is CCC(Br)C(C)c1ccc([N+](=O)[O-])cc1Cl. The maximum atomic E-state index is 10.6. The third-order valence-corrected chi connectivity index (χ3v) is 4.39. The Labute approximate surface area is 108 Å². The molecule has 16 heavy (non-hydrogen) atoms. The van der Waals surface area contributed by atoms with Crippen LogP contribution in [-0.2, 0) is 0 Å². The van der Waals surface area contributed by atoms with Gasteiger partial charge >= 0.3 is 0 Å². The lowest BCUT2D eigenvalue weighted by Crippen LogP contribution is -2.08. The van der Waals surface area contributed by atoms with Gasteiger partial charge in [-0.1, -0.05) is 47.4 Å². The van der Waals surface area contributed by atoms with Gasteiger partial charge in [0.05, 0.1) is 9.95 Å². The van der Waals surface area contributed by atoms with Crippen LogP contribution in [0, 0.1) is 10.1 Å². The van der Waals surface area contributed by atoms with Crippen molar-refractivity contribution >= 4 is 33.2 Å². The van der Waals surface area contributed by atoms with Crippen molar-refractivity contribution in [2.75, 3.05) is 0 Å². The molecule has 0 aliphatic carbocycles. The Hall–Kier alpha value is -0.610. The monoisotopic (exact) mass is 305 g/mol. The number of alkyl halides is 1. The predicted molar refractivity (Wildman–Crippen MR) is 69.5 cm³/mol. The van der Waals surface area contributed by atoms with Crippen molar-refractivity contribution in [1.29, 1.82) is 0 Å². The molecule has 88 valence electrons. The Balaban J connectivity index is 3.03. The highest BCUT2D eigenvalue weighted by molar-refractivity contribution is 9.09. The first-order valence-corrected chi connectivity index (χ1v) is 6.34. The molecule has 0 bridgehead atoms. The zero-order valence-electron chi connectivity index (χ0n) is 9.11. The van der Waals surface area contributed by atoms with E-state index in [4.69, 9.17) is 11.6 Å². The van der Waals surface area contributed by atoms with Crippen LogP contribution in [-0.4, -0.2) is 9.75 Å². The van der Waals surface area contributed by atoms with E-state index in [1.165, 1.54) is 12.1 Å². The van der Waals surface area contributed by atoms with Gasteiger partial charge in [-0.2, -0.15) is 0 Å². The van der Waals surface area contributed by atoms with Crippen molar-refractivity contribution in [1.82, 2.24) is 0 Å². The molecular formula is C11H13BrClNO2. The fraction of sp³-hybridized carbons (Fsp3) is 0.455. The molecular weight excluding hydrogens is 293 g/mol. The second-order valence-electron chi connectivity index (χ2n) is 3.68. The van der Waals surface area contributed by atoms with Gasteiger partial charge in [-0.3, -0.25) is 10.1 Å². The molecule has 5 heteroatoms. The minimum absolute atomic E-state index is 0.0311. The second-order valence-corrected chi connectivity index (χ2v) is 5.26. The van der Waals surface area contributed by atoms with E-state index in [1.54, 1.807) is 6.07 Å². The molecule has 2 atom stereocenters. The molecule has 1 aromatic carbocycles. The average molecular weight is 307 g/mol. The van der Waals surface area contributed by atoms with E-state index in [1.807, 2.05) is 0 Å². The number of nitro benzene ring substituents is 1. The molecule has 1 rings (SSSR count). The summed E-state index contributed by atoms with van der Waals surface area (Å²) in [7, 11) is 0. The van der Waals surface area contributed by atoms with Crippen LogP contribution in [0.2, 0.25) is 5.02 Å². The predicted octanol–water partition coefficient (Wildman–Crippen LogP) is 4.53. The Kier molecular flexibility index (Phi) is 4.74. The Morgan fingerprint density at radius 3 is 2.62 bits per heavy atom. The van der Waals surface area contributed by atoms with Crippen LogP contribution in [0.4, 0.5) is 5.69 Å². The zero-order valence-corrected chi connectivity index (χ0v) is 11.5. The van der Waals surface area contributed by atoms with Crippen LogP contribution < -0.4 is 0 Å². The lowest BCUT2D eigenvalue weighted by molar-refractivity contribution is -0.384. The van der Waals surface area contributed by atoms with Crippen LogP contribution in [0.15, 0.2) is 18.2 Å². The average Bonchev–Trinajstić information content (AvgIpc) is 2.26. The minimum Gasteiger partial charge on any atom is -0.258 e. The summed E-state index contributed by atoms with van der Waals surface area (Å²) in [6.45, 7) is 4.13. The minimum atomic E-state index is -0.439. The normalized spacial score (nSPS) is 14.5. The van der Waals surface area contributed by atoms with Gasteiger partial charge < -0.3 is 0 Å². The van der Waals surface area contributed by atoms with Crippen molar-refractivity contribution in [2.45, 2.75) is 31.0 Å².